The van der Waals surface area contributed by atoms with E-state index in [1.54, 1.807) is 6.20 Å². The van der Waals surface area contributed by atoms with E-state index in [9.17, 15) is 4.79 Å². The van der Waals surface area contributed by atoms with Gasteiger partial charge in [0.2, 0.25) is 0 Å². The van der Waals surface area contributed by atoms with Crippen molar-refractivity contribution < 1.29 is 4.79 Å². The molecule has 4 nitrogen and oxygen atoms in total. The summed E-state index contributed by atoms with van der Waals surface area (Å²) in [5, 5.41) is 2.84. The lowest BCUT2D eigenvalue weighted by molar-refractivity contribution is 0.102. The van der Waals surface area contributed by atoms with E-state index in [2.05, 4.69) is 10.3 Å². The minimum absolute atomic E-state index is 0.148. The van der Waals surface area contributed by atoms with Gasteiger partial charge in [-0.25, -0.2) is 4.98 Å². The lowest BCUT2D eigenvalue weighted by Gasteiger charge is -2.19. The first-order chi connectivity index (χ1) is 11.6. The molecule has 1 amide bonds. The van der Waals surface area contributed by atoms with Crippen molar-refractivity contribution >= 4 is 23.1 Å². The smallest absolute Gasteiger partial charge is 0.257 e. The van der Waals surface area contributed by atoms with E-state index in [1.807, 2.05) is 85.6 Å². The number of nitrogens with zero attached hydrogens (tertiary/aromatic N) is 2. The van der Waals surface area contributed by atoms with Gasteiger partial charge in [0.15, 0.2) is 0 Å². The second-order valence-corrected chi connectivity index (χ2v) is 5.57. The van der Waals surface area contributed by atoms with Crippen LogP contribution < -0.4 is 10.2 Å². The highest BCUT2D eigenvalue weighted by atomic mass is 16.1. The van der Waals surface area contributed by atoms with E-state index in [0.29, 0.717) is 11.4 Å². The van der Waals surface area contributed by atoms with Crippen LogP contribution in [0.2, 0.25) is 0 Å². The van der Waals surface area contributed by atoms with Crippen molar-refractivity contribution in [3.63, 3.8) is 0 Å². The molecule has 3 rings (SSSR count). The molecule has 0 bridgehead atoms. The number of hydrogen-bond acceptors (Lipinski definition) is 3. The van der Waals surface area contributed by atoms with E-state index in [1.165, 1.54) is 0 Å². The van der Waals surface area contributed by atoms with E-state index in [4.69, 9.17) is 0 Å². The summed E-state index contributed by atoms with van der Waals surface area (Å²) in [5.74, 6) is 0.387. The van der Waals surface area contributed by atoms with Crippen LogP contribution in [0.25, 0.3) is 0 Å². The molecule has 0 aliphatic heterocycles. The molecule has 120 valence electrons. The van der Waals surface area contributed by atoms with Gasteiger partial charge in [0.1, 0.15) is 5.82 Å². The molecule has 0 aliphatic carbocycles. The normalized spacial score (nSPS) is 10.2. The molecular formula is C20H19N3O. The number of aryl methyl sites for hydroxylation is 1. The molecule has 0 aliphatic rings. The second-order valence-electron chi connectivity index (χ2n) is 5.57. The van der Waals surface area contributed by atoms with Crippen LogP contribution in [-0.4, -0.2) is 17.9 Å². The molecule has 0 unspecified atom stereocenters. The molecule has 0 atom stereocenters. The average Bonchev–Trinajstić information content (AvgIpc) is 2.63. The third kappa shape index (κ3) is 3.43. The van der Waals surface area contributed by atoms with E-state index < -0.39 is 0 Å². The number of anilines is 3. The summed E-state index contributed by atoms with van der Waals surface area (Å²) in [6.07, 6.45) is 1.75. The number of benzene rings is 2. The highest BCUT2D eigenvalue weighted by molar-refractivity contribution is 6.04. The van der Waals surface area contributed by atoms with Crippen LogP contribution in [0.5, 0.6) is 0 Å². The fourth-order valence-electron chi connectivity index (χ4n) is 2.47. The summed E-state index contributed by atoms with van der Waals surface area (Å²) < 4.78 is 0. The fraction of sp³-hybridized carbons (Fsp3) is 0.100. The van der Waals surface area contributed by atoms with Crippen molar-refractivity contribution in [1.82, 2.24) is 4.98 Å². The number of pyridine rings is 1. The van der Waals surface area contributed by atoms with Gasteiger partial charge in [-0.2, -0.15) is 0 Å². The van der Waals surface area contributed by atoms with Crippen LogP contribution in [0.15, 0.2) is 72.9 Å². The molecule has 3 aromatic rings. The number of carbonyl (C=O) groups is 1. The average molecular weight is 317 g/mol. The van der Waals surface area contributed by atoms with Crippen molar-refractivity contribution in [3.05, 3.63) is 84.1 Å². The van der Waals surface area contributed by atoms with Crippen molar-refractivity contribution in [2.24, 2.45) is 0 Å². The monoisotopic (exact) mass is 317 g/mol. The number of aromatic nitrogens is 1. The molecule has 2 aromatic carbocycles. The summed E-state index contributed by atoms with van der Waals surface area (Å²) in [7, 11) is 1.98. The number of nitrogens with one attached hydrogen (secondary N) is 1. The summed E-state index contributed by atoms with van der Waals surface area (Å²) in [5.41, 5.74) is 3.63. The Morgan fingerprint density at radius 3 is 2.29 bits per heavy atom. The van der Waals surface area contributed by atoms with Gasteiger partial charge >= 0.3 is 0 Å². The lowest BCUT2D eigenvalue weighted by Crippen LogP contribution is -2.15. The number of rotatable bonds is 4. The number of hydrogen-bond donors (Lipinski definition) is 1. The first kappa shape index (κ1) is 15.7. The topological polar surface area (TPSA) is 45.2 Å². The van der Waals surface area contributed by atoms with Crippen molar-refractivity contribution in [1.29, 1.82) is 0 Å². The van der Waals surface area contributed by atoms with Crippen molar-refractivity contribution in [3.8, 4) is 0 Å². The SMILES string of the molecule is Cc1ccccc1C(=O)Nc1ccc(N(C)c2ccccc2)cn1. The zero-order valence-corrected chi connectivity index (χ0v) is 13.7. The Bertz CT molecular complexity index is 829. The van der Waals surface area contributed by atoms with E-state index in [-0.39, 0.29) is 5.91 Å². The molecule has 0 saturated carbocycles. The Hall–Kier alpha value is -3.14. The van der Waals surface area contributed by atoms with Crippen LogP contribution in [0.3, 0.4) is 0 Å². The Morgan fingerprint density at radius 1 is 0.917 bits per heavy atom. The Balaban J connectivity index is 1.73. The van der Waals surface area contributed by atoms with Crippen molar-refractivity contribution in [2.75, 3.05) is 17.3 Å². The van der Waals surface area contributed by atoms with Gasteiger partial charge in [0.05, 0.1) is 11.9 Å². The van der Waals surface area contributed by atoms with Gasteiger partial charge in [0, 0.05) is 18.3 Å². The molecule has 0 fully saturated rings. The first-order valence-electron chi connectivity index (χ1n) is 7.77. The summed E-state index contributed by atoms with van der Waals surface area (Å²) >= 11 is 0. The molecule has 1 aromatic heterocycles. The molecule has 1 N–H and O–H groups in total. The van der Waals surface area contributed by atoms with Gasteiger partial charge in [0.25, 0.3) is 5.91 Å². The van der Waals surface area contributed by atoms with Gasteiger partial charge < -0.3 is 10.2 Å². The van der Waals surface area contributed by atoms with E-state index in [0.717, 1.165) is 16.9 Å². The second kappa shape index (κ2) is 6.96. The lowest BCUT2D eigenvalue weighted by atomic mass is 10.1. The maximum atomic E-state index is 12.3. The van der Waals surface area contributed by atoms with Crippen molar-refractivity contribution in [2.45, 2.75) is 6.92 Å². The predicted molar refractivity (Wildman–Crippen MR) is 97.9 cm³/mol. The summed E-state index contributed by atoms with van der Waals surface area (Å²) in [6, 6.07) is 21.3. The quantitative estimate of drug-likeness (QED) is 0.775. The Kier molecular flexibility index (Phi) is 4.57. The molecular weight excluding hydrogens is 298 g/mol. The maximum Gasteiger partial charge on any atom is 0.257 e. The molecule has 1 heterocycles. The third-order valence-corrected chi connectivity index (χ3v) is 3.91. The standard InChI is InChI=1S/C20H19N3O/c1-15-8-6-7-11-18(15)20(24)22-19-13-12-17(14-21-19)23(2)16-9-4-3-5-10-16/h3-14H,1-2H3,(H,21,22,24). The Labute approximate surface area is 141 Å². The maximum absolute atomic E-state index is 12.3. The highest BCUT2D eigenvalue weighted by Gasteiger charge is 2.10. The van der Waals surface area contributed by atoms with Crippen LogP contribution in [-0.2, 0) is 0 Å². The largest absolute Gasteiger partial charge is 0.343 e. The molecule has 0 spiro atoms. The van der Waals surface area contributed by atoms with Crippen LogP contribution in [0, 0.1) is 6.92 Å². The molecule has 0 saturated heterocycles. The summed E-state index contributed by atoms with van der Waals surface area (Å²) in [6.45, 7) is 1.92. The zero-order valence-electron chi connectivity index (χ0n) is 13.7. The first-order valence-corrected chi connectivity index (χ1v) is 7.77. The van der Waals surface area contributed by atoms with Gasteiger partial charge in [-0.3, -0.25) is 4.79 Å². The van der Waals surface area contributed by atoms with Crippen LogP contribution in [0.4, 0.5) is 17.2 Å². The predicted octanol–water partition coefficient (Wildman–Crippen LogP) is 4.41. The highest BCUT2D eigenvalue weighted by Crippen LogP contribution is 2.23. The van der Waals surface area contributed by atoms with Crippen LogP contribution in [0.1, 0.15) is 15.9 Å². The van der Waals surface area contributed by atoms with Crippen LogP contribution >= 0.6 is 0 Å². The number of para-hydroxylation sites is 1. The third-order valence-electron chi connectivity index (χ3n) is 3.91. The summed E-state index contributed by atoms with van der Waals surface area (Å²) in [4.78, 5) is 18.7. The minimum atomic E-state index is -0.148. The van der Waals surface area contributed by atoms with Gasteiger partial charge in [-0.05, 0) is 42.8 Å². The number of carbonyl (C=O) groups excluding carboxylic acids is 1. The molecule has 24 heavy (non-hydrogen) atoms. The molecule has 4 heteroatoms. The fourth-order valence-corrected chi connectivity index (χ4v) is 2.47. The minimum Gasteiger partial charge on any atom is -0.343 e. The van der Waals surface area contributed by atoms with E-state index >= 15 is 0 Å². The Morgan fingerprint density at radius 2 is 1.62 bits per heavy atom. The van der Waals surface area contributed by atoms with Gasteiger partial charge in [-0.1, -0.05) is 36.4 Å². The molecule has 0 radical (unpaired) electrons. The number of amides is 1. The zero-order chi connectivity index (χ0) is 16.9. The van der Waals surface area contributed by atoms with Gasteiger partial charge in [-0.15, -0.1) is 0 Å².